The van der Waals surface area contributed by atoms with E-state index < -0.39 is 23.6 Å². The Balaban J connectivity index is 1.58. The number of rotatable bonds is 13. The summed E-state index contributed by atoms with van der Waals surface area (Å²) < 4.78 is 5.50. The van der Waals surface area contributed by atoms with Crippen molar-refractivity contribution in [2.45, 2.75) is 13.0 Å². The molecule has 0 aliphatic rings. The van der Waals surface area contributed by atoms with Crippen molar-refractivity contribution >= 4 is 36.3 Å². The zero-order valence-corrected chi connectivity index (χ0v) is 19.0. The monoisotopic (exact) mass is 472 g/mol. The minimum absolute atomic E-state index is 0.000800. The minimum atomic E-state index is -0.532. The molecule has 0 aliphatic carbocycles. The first kappa shape index (κ1) is 25.9. The van der Waals surface area contributed by atoms with Crippen LogP contribution in [0.1, 0.15) is 16.7 Å². The van der Waals surface area contributed by atoms with Gasteiger partial charge in [0, 0.05) is 0 Å². The quantitative estimate of drug-likeness (QED) is 0.161. The molecule has 9 nitrogen and oxygen atoms in total. The van der Waals surface area contributed by atoms with Gasteiger partial charge < -0.3 is 26.0 Å². The number of hydrogen-bond acceptors (Lipinski definition) is 6. The van der Waals surface area contributed by atoms with Gasteiger partial charge in [-0.25, -0.2) is 0 Å². The Bertz CT molecular complexity index is 939. The van der Waals surface area contributed by atoms with Crippen LogP contribution in [0.2, 0.25) is 0 Å². The number of hydrogen-bond donors (Lipinski definition) is 5. The molecule has 2 aromatic carbocycles. The number of carbonyl (C=O) groups is 4. The summed E-state index contributed by atoms with van der Waals surface area (Å²) >= 11 is 3.76. The number of thiol groups is 1. The Morgan fingerprint density at radius 2 is 1.21 bits per heavy atom. The summed E-state index contributed by atoms with van der Waals surface area (Å²) in [5.74, 6) is -1.90. The molecule has 10 heteroatoms. The van der Waals surface area contributed by atoms with Crippen molar-refractivity contribution in [2.75, 3.05) is 32.1 Å². The zero-order chi connectivity index (χ0) is 23.9. The summed E-state index contributed by atoms with van der Waals surface area (Å²) in [6.45, 7) is -0.469. The average Bonchev–Trinajstić information content (AvgIpc) is 2.83. The Morgan fingerprint density at radius 1 is 0.667 bits per heavy atom. The van der Waals surface area contributed by atoms with Crippen LogP contribution < -0.4 is 21.3 Å². The molecule has 0 aliphatic heterocycles. The summed E-state index contributed by atoms with van der Waals surface area (Å²) in [5.41, 5.74) is 3.39. The second kappa shape index (κ2) is 14.6. The zero-order valence-electron chi connectivity index (χ0n) is 18.1. The van der Waals surface area contributed by atoms with Gasteiger partial charge in [0.2, 0.25) is 23.6 Å². The van der Waals surface area contributed by atoms with E-state index in [1.165, 1.54) is 11.1 Å². The van der Waals surface area contributed by atoms with Crippen molar-refractivity contribution < 1.29 is 23.9 Å². The fourth-order valence-electron chi connectivity index (χ4n) is 2.74. The summed E-state index contributed by atoms with van der Waals surface area (Å²) in [5, 5.41) is 9.58. The van der Waals surface area contributed by atoms with Crippen LogP contribution in [-0.4, -0.2) is 55.7 Å². The molecule has 2 aromatic rings. The standard InChI is InChI=1S/C23H28N4O5S/c28-20(11-24-21(29)12-26-23(31)15-33)25-13-22(30)27-16-32-14-19-8-4-7-18(10-19)9-17-5-2-1-3-6-17/h1-8,10,33H,9,11-16H2,(H,24,29)(H,25,28)(H,26,31)(H,27,30). The molecule has 0 radical (unpaired) electrons. The molecule has 0 unspecified atom stereocenters. The molecule has 176 valence electrons. The van der Waals surface area contributed by atoms with E-state index in [1.54, 1.807) is 0 Å². The molecule has 0 aromatic heterocycles. The summed E-state index contributed by atoms with van der Waals surface area (Å²) in [6, 6.07) is 18.2. The third kappa shape index (κ3) is 11.2. The highest BCUT2D eigenvalue weighted by atomic mass is 32.1. The van der Waals surface area contributed by atoms with Gasteiger partial charge >= 0.3 is 0 Å². The normalized spacial score (nSPS) is 10.2. The molecule has 0 bridgehead atoms. The topological polar surface area (TPSA) is 126 Å². The van der Waals surface area contributed by atoms with Crippen molar-refractivity contribution in [1.29, 1.82) is 0 Å². The summed E-state index contributed by atoms with van der Waals surface area (Å²) in [4.78, 5) is 46.0. The van der Waals surface area contributed by atoms with Crippen LogP contribution in [0.15, 0.2) is 54.6 Å². The van der Waals surface area contributed by atoms with Crippen LogP contribution in [0.25, 0.3) is 0 Å². The van der Waals surface area contributed by atoms with Crippen molar-refractivity contribution in [3.05, 3.63) is 71.3 Å². The molecule has 33 heavy (non-hydrogen) atoms. The van der Waals surface area contributed by atoms with Gasteiger partial charge in [-0.15, -0.1) is 0 Å². The van der Waals surface area contributed by atoms with Crippen molar-refractivity contribution in [1.82, 2.24) is 21.3 Å². The maximum atomic E-state index is 11.8. The lowest BCUT2D eigenvalue weighted by Gasteiger charge is -2.10. The molecular formula is C23H28N4O5S. The molecule has 4 N–H and O–H groups in total. The molecule has 0 saturated heterocycles. The van der Waals surface area contributed by atoms with Crippen LogP contribution >= 0.6 is 12.6 Å². The van der Waals surface area contributed by atoms with E-state index in [4.69, 9.17) is 4.74 Å². The van der Waals surface area contributed by atoms with Gasteiger partial charge in [-0.3, -0.25) is 19.2 Å². The van der Waals surface area contributed by atoms with Crippen LogP contribution in [0.3, 0.4) is 0 Å². The predicted molar refractivity (Wildman–Crippen MR) is 126 cm³/mol. The Labute approximate surface area is 198 Å². The fraction of sp³-hybridized carbons (Fsp3) is 0.304. The highest BCUT2D eigenvalue weighted by Gasteiger charge is 2.08. The van der Waals surface area contributed by atoms with Crippen molar-refractivity contribution in [2.24, 2.45) is 0 Å². The lowest BCUT2D eigenvalue weighted by Crippen LogP contribution is -2.44. The molecule has 2 rings (SSSR count). The van der Waals surface area contributed by atoms with Crippen LogP contribution in [0, 0.1) is 0 Å². The minimum Gasteiger partial charge on any atom is -0.357 e. The van der Waals surface area contributed by atoms with E-state index in [-0.39, 0.29) is 32.1 Å². The lowest BCUT2D eigenvalue weighted by atomic mass is 10.0. The smallest absolute Gasteiger partial charge is 0.241 e. The highest BCUT2D eigenvalue weighted by molar-refractivity contribution is 7.81. The predicted octanol–water partition coefficient (Wildman–Crippen LogP) is 0.146. The van der Waals surface area contributed by atoms with Gasteiger partial charge in [-0.1, -0.05) is 54.6 Å². The maximum Gasteiger partial charge on any atom is 0.241 e. The lowest BCUT2D eigenvalue weighted by molar-refractivity contribution is -0.128. The SMILES string of the molecule is O=C(CS)NCC(=O)NCC(=O)NCC(=O)NCOCc1cccc(Cc2ccccc2)c1. The Hall–Kier alpha value is -3.37. The summed E-state index contributed by atoms with van der Waals surface area (Å²) in [6.07, 6.45) is 0.829. The van der Waals surface area contributed by atoms with E-state index in [9.17, 15) is 19.2 Å². The number of amides is 4. The molecule has 0 fully saturated rings. The van der Waals surface area contributed by atoms with Gasteiger partial charge in [0.05, 0.1) is 32.0 Å². The summed E-state index contributed by atoms with van der Waals surface area (Å²) in [7, 11) is 0. The molecule has 4 amide bonds. The van der Waals surface area contributed by atoms with E-state index in [0.717, 1.165) is 12.0 Å². The first-order chi connectivity index (χ1) is 16.0. The molecule has 0 saturated carbocycles. The second-order valence-electron chi connectivity index (χ2n) is 7.06. The van der Waals surface area contributed by atoms with E-state index in [2.05, 4.69) is 58.2 Å². The van der Waals surface area contributed by atoms with Gasteiger partial charge in [-0.2, -0.15) is 12.6 Å². The number of nitrogens with one attached hydrogen (secondary N) is 4. The first-order valence-electron chi connectivity index (χ1n) is 10.3. The maximum absolute atomic E-state index is 11.8. The number of ether oxygens (including phenoxy) is 1. The first-order valence-corrected chi connectivity index (χ1v) is 11.0. The van der Waals surface area contributed by atoms with Crippen LogP contribution in [0.4, 0.5) is 0 Å². The highest BCUT2D eigenvalue weighted by Crippen LogP contribution is 2.12. The van der Waals surface area contributed by atoms with E-state index in [0.29, 0.717) is 6.61 Å². The molecule has 0 spiro atoms. The van der Waals surface area contributed by atoms with E-state index in [1.807, 2.05) is 30.3 Å². The van der Waals surface area contributed by atoms with Crippen LogP contribution in [0.5, 0.6) is 0 Å². The van der Waals surface area contributed by atoms with Crippen molar-refractivity contribution in [3.8, 4) is 0 Å². The fourth-order valence-corrected chi connectivity index (χ4v) is 2.85. The number of benzene rings is 2. The Kier molecular flexibility index (Phi) is 11.5. The van der Waals surface area contributed by atoms with Crippen LogP contribution in [-0.2, 0) is 36.9 Å². The Morgan fingerprint density at radius 3 is 1.85 bits per heavy atom. The van der Waals surface area contributed by atoms with E-state index >= 15 is 0 Å². The van der Waals surface area contributed by atoms with Gasteiger partial charge in [0.15, 0.2) is 0 Å². The third-order valence-corrected chi connectivity index (χ3v) is 4.65. The average molecular weight is 473 g/mol. The van der Waals surface area contributed by atoms with Gasteiger partial charge in [-0.05, 0) is 23.1 Å². The van der Waals surface area contributed by atoms with Crippen molar-refractivity contribution in [3.63, 3.8) is 0 Å². The van der Waals surface area contributed by atoms with Gasteiger partial charge in [0.25, 0.3) is 0 Å². The molecule has 0 atom stereocenters. The number of carbonyl (C=O) groups excluding carboxylic acids is 4. The molecule has 0 heterocycles. The second-order valence-corrected chi connectivity index (χ2v) is 7.38. The van der Waals surface area contributed by atoms with Gasteiger partial charge in [0.1, 0.15) is 6.73 Å². The largest absolute Gasteiger partial charge is 0.357 e. The molecular weight excluding hydrogens is 444 g/mol. The third-order valence-electron chi connectivity index (χ3n) is 4.36.